The van der Waals surface area contributed by atoms with Gasteiger partial charge in [0, 0.05) is 13.1 Å². The minimum atomic E-state index is 0.0825. The lowest BCUT2D eigenvalue weighted by Gasteiger charge is -2.31. The van der Waals surface area contributed by atoms with Gasteiger partial charge in [-0.2, -0.15) is 15.1 Å². The molecule has 2 N–H and O–H groups in total. The van der Waals surface area contributed by atoms with Gasteiger partial charge in [0.15, 0.2) is 5.65 Å². The SMILES string of the molecule is CCCC(C)Oc1nc(N)c2cnn(CC3CCC(CN4CCCC4)CC3)c2n1. The largest absolute Gasteiger partial charge is 0.460 e. The molecule has 1 aliphatic carbocycles. The van der Waals surface area contributed by atoms with Gasteiger partial charge in [-0.25, -0.2) is 4.68 Å². The average Bonchev–Trinajstić information content (AvgIpc) is 3.34. The van der Waals surface area contributed by atoms with E-state index in [9.17, 15) is 0 Å². The molecule has 2 aromatic heterocycles. The summed E-state index contributed by atoms with van der Waals surface area (Å²) in [7, 11) is 0. The number of ether oxygens (including phenoxy) is 1. The van der Waals surface area contributed by atoms with E-state index in [4.69, 9.17) is 10.5 Å². The molecule has 29 heavy (non-hydrogen) atoms. The van der Waals surface area contributed by atoms with E-state index < -0.39 is 0 Å². The van der Waals surface area contributed by atoms with Crippen molar-refractivity contribution >= 4 is 16.9 Å². The molecule has 1 unspecified atom stereocenters. The van der Waals surface area contributed by atoms with Crippen molar-refractivity contribution in [3.05, 3.63) is 6.20 Å². The molecule has 2 aromatic rings. The second-order valence-corrected chi connectivity index (χ2v) is 9.07. The molecule has 4 rings (SSSR count). The van der Waals surface area contributed by atoms with E-state index >= 15 is 0 Å². The molecular formula is C22H36N6O. The van der Waals surface area contributed by atoms with Crippen LogP contribution in [0.1, 0.15) is 65.2 Å². The predicted molar refractivity (Wildman–Crippen MR) is 116 cm³/mol. The lowest BCUT2D eigenvalue weighted by Crippen LogP contribution is -2.30. The van der Waals surface area contributed by atoms with Crippen molar-refractivity contribution in [2.24, 2.45) is 11.8 Å². The average molecular weight is 401 g/mol. The van der Waals surface area contributed by atoms with Crippen LogP contribution in [0.2, 0.25) is 0 Å². The van der Waals surface area contributed by atoms with Crippen LogP contribution in [0.3, 0.4) is 0 Å². The lowest BCUT2D eigenvalue weighted by molar-refractivity contribution is 0.190. The first-order valence-corrected chi connectivity index (χ1v) is 11.5. The summed E-state index contributed by atoms with van der Waals surface area (Å²) < 4.78 is 7.90. The molecule has 2 aliphatic rings. The first kappa shape index (κ1) is 20.4. The molecular weight excluding hydrogens is 364 g/mol. The zero-order chi connectivity index (χ0) is 20.2. The molecule has 0 radical (unpaired) electrons. The monoisotopic (exact) mass is 400 g/mol. The van der Waals surface area contributed by atoms with E-state index in [1.54, 1.807) is 6.20 Å². The van der Waals surface area contributed by atoms with E-state index in [1.165, 1.54) is 58.2 Å². The zero-order valence-electron chi connectivity index (χ0n) is 18.0. The minimum absolute atomic E-state index is 0.0825. The smallest absolute Gasteiger partial charge is 0.320 e. The van der Waals surface area contributed by atoms with Gasteiger partial charge in [0.05, 0.1) is 17.7 Å². The Balaban J connectivity index is 1.38. The van der Waals surface area contributed by atoms with Crippen LogP contribution < -0.4 is 10.5 Å². The van der Waals surface area contributed by atoms with Crippen molar-refractivity contribution in [2.75, 3.05) is 25.4 Å². The van der Waals surface area contributed by atoms with Crippen molar-refractivity contribution in [2.45, 2.75) is 77.9 Å². The second-order valence-electron chi connectivity index (χ2n) is 9.07. The van der Waals surface area contributed by atoms with E-state index in [-0.39, 0.29) is 6.10 Å². The molecule has 0 spiro atoms. The van der Waals surface area contributed by atoms with Crippen LogP contribution >= 0.6 is 0 Å². The Morgan fingerprint density at radius 3 is 2.48 bits per heavy atom. The van der Waals surface area contributed by atoms with Crippen LogP contribution in [0.25, 0.3) is 11.0 Å². The maximum absolute atomic E-state index is 6.16. The number of hydrogen-bond acceptors (Lipinski definition) is 6. The highest BCUT2D eigenvalue weighted by Crippen LogP contribution is 2.32. The van der Waals surface area contributed by atoms with Crippen LogP contribution in [-0.4, -0.2) is 50.4 Å². The normalized spacial score (nSPS) is 24.2. The molecule has 1 atom stereocenters. The van der Waals surface area contributed by atoms with Gasteiger partial charge in [-0.05, 0) is 76.8 Å². The van der Waals surface area contributed by atoms with Crippen molar-refractivity contribution in [1.29, 1.82) is 0 Å². The molecule has 1 aliphatic heterocycles. The summed E-state index contributed by atoms with van der Waals surface area (Å²) in [4.78, 5) is 11.6. The van der Waals surface area contributed by atoms with E-state index in [0.29, 0.717) is 17.7 Å². The number of nitrogens with two attached hydrogens (primary N) is 1. The number of nitrogen functional groups attached to an aromatic ring is 1. The predicted octanol–water partition coefficient (Wildman–Crippen LogP) is 3.88. The van der Waals surface area contributed by atoms with E-state index in [0.717, 1.165) is 36.3 Å². The summed E-state index contributed by atoms with van der Waals surface area (Å²) in [6.45, 7) is 9.01. The third-order valence-electron chi connectivity index (χ3n) is 6.62. The Morgan fingerprint density at radius 1 is 1.10 bits per heavy atom. The Bertz CT molecular complexity index is 792. The van der Waals surface area contributed by atoms with Crippen molar-refractivity contribution in [3.63, 3.8) is 0 Å². The number of hydrogen-bond donors (Lipinski definition) is 1. The van der Waals surface area contributed by atoms with Crippen molar-refractivity contribution in [3.8, 4) is 6.01 Å². The van der Waals surface area contributed by atoms with Gasteiger partial charge in [-0.15, -0.1) is 0 Å². The third kappa shape index (κ3) is 5.00. The molecule has 0 bridgehead atoms. The quantitative estimate of drug-likeness (QED) is 0.724. The van der Waals surface area contributed by atoms with Gasteiger partial charge >= 0.3 is 6.01 Å². The lowest BCUT2D eigenvalue weighted by atomic mass is 9.82. The van der Waals surface area contributed by atoms with Crippen LogP contribution in [0, 0.1) is 11.8 Å². The van der Waals surface area contributed by atoms with Crippen LogP contribution in [0.4, 0.5) is 5.82 Å². The molecule has 0 amide bonds. The fourth-order valence-corrected chi connectivity index (χ4v) is 4.96. The highest BCUT2D eigenvalue weighted by Gasteiger charge is 2.25. The van der Waals surface area contributed by atoms with Gasteiger partial charge < -0.3 is 15.4 Å². The third-order valence-corrected chi connectivity index (χ3v) is 6.62. The van der Waals surface area contributed by atoms with Crippen molar-refractivity contribution < 1.29 is 4.74 Å². The molecule has 0 aromatic carbocycles. The maximum atomic E-state index is 6.16. The molecule has 1 saturated carbocycles. The number of fused-ring (bicyclic) bond motifs is 1. The molecule has 7 heteroatoms. The first-order chi connectivity index (χ1) is 14.1. The van der Waals surface area contributed by atoms with Crippen LogP contribution in [0.5, 0.6) is 6.01 Å². The number of anilines is 1. The van der Waals surface area contributed by atoms with Gasteiger partial charge in [0.2, 0.25) is 0 Å². The Labute approximate surface area is 174 Å². The number of likely N-dealkylation sites (tertiary alicyclic amines) is 1. The highest BCUT2D eigenvalue weighted by molar-refractivity contribution is 5.85. The maximum Gasteiger partial charge on any atom is 0.320 e. The minimum Gasteiger partial charge on any atom is -0.460 e. The Morgan fingerprint density at radius 2 is 1.79 bits per heavy atom. The Kier molecular flexibility index (Phi) is 6.53. The number of aromatic nitrogens is 4. The molecule has 1 saturated heterocycles. The fourth-order valence-electron chi connectivity index (χ4n) is 4.96. The van der Waals surface area contributed by atoms with Gasteiger partial charge in [-0.3, -0.25) is 0 Å². The van der Waals surface area contributed by atoms with Gasteiger partial charge in [-0.1, -0.05) is 13.3 Å². The standard InChI is InChI=1S/C22H36N6O/c1-3-6-16(2)29-22-25-20(23)19-13-24-28(21(19)26-22)15-18-9-7-17(8-10-18)14-27-11-4-5-12-27/h13,16-18H,3-12,14-15H2,1-2H3,(H2,23,25,26). The summed E-state index contributed by atoms with van der Waals surface area (Å²) in [5.74, 6) is 1.98. The molecule has 2 fully saturated rings. The van der Waals surface area contributed by atoms with Crippen LogP contribution in [0.15, 0.2) is 6.20 Å². The first-order valence-electron chi connectivity index (χ1n) is 11.5. The summed E-state index contributed by atoms with van der Waals surface area (Å²) in [5, 5.41) is 5.40. The number of nitrogens with zero attached hydrogens (tertiary/aromatic N) is 5. The summed E-state index contributed by atoms with van der Waals surface area (Å²) in [6.07, 6.45) is 11.9. The topological polar surface area (TPSA) is 82.1 Å². The second kappa shape index (κ2) is 9.28. The van der Waals surface area contributed by atoms with E-state index in [1.807, 2.05) is 11.6 Å². The Hall–Kier alpha value is -1.89. The summed E-state index contributed by atoms with van der Waals surface area (Å²) in [6, 6.07) is 0.368. The van der Waals surface area contributed by atoms with Gasteiger partial charge in [0.25, 0.3) is 0 Å². The summed E-state index contributed by atoms with van der Waals surface area (Å²) >= 11 is 0. The molecule has 3 heterocycles. The zero-order valence-corrected chi connectivity index (χ0v) is 18.0. The van der Waals surface area contributed by atoms with Crippen LogP contribution in [-0.2, 0) is 6.54 Å². The van der Waals surface area contributed by atoms with Crippen molar-refractivity contribution in [1.82, 2.24) is 24.6 Å². The summed E-state index contributed by atoms with van der Waals surface area (Å²) in [5.41, 5.74) is 6.96. The van der Waals surface area contributed by atoms with E-state index in [2.05, 4.69) is 26.9 Å². The highest BCUT2D eigenvalue weighted by atomic mass is 16.5. The number of rotatable bonds is 8. The molecule has 160 valence electrons. The fraction of sp³-hybridized carbons (Fsp3) is 0.773. The van der Waals surface area contributed by atoms with Gasteiger partial charge in [0.1, 0.15) is 5.82 Å². The molecule has 7 nitrogen and oxygen atoms in total.